The Labute approximate surface area is 146 Å². The van der Waals surface area contributed by atoms with E-state index in [4.69, 9.17) is 5.73 Å². The van der Waals surface area contributed by atoms with Crippen LogP contribution in [0, 0.1) is 18.3 Å². The lowest BCUT2D eigenvalue weighted by atomic mass is 9.80. The average Bonchev–Trinajstić information content (AvgIpc) is 2.81. The van der Waals surface area contributed by atoms with Gasteiger partial charge in [-0.15, -0.1) is 12.4 Å². The van der Waals surface area contributed by atoms with Crippen LogP contribution in [0.5, 0.6) is 0 Å². The molecule has 0 spiro atoms. The van der Waals surface area contributed by atoms with Crippen LogP contribution < -0.4 is 11.1 Å². The molecule has 1 aliphatic carbocycles. The summed E-state index contributed by atoms with van der Waals surface area (Å²) in [6, 6.07) is 8.52. The molecule has 3 atom stereocenters. The highest BCUT2D eigenvalue weighted by atomic mass is 35.5. The van der Waals surface area contributed by atoms with Crippen molar-refractivity contribution in [2.24, 2.45) is 17.1 Å². The van der Waals surface area contributed by atoms with Gasteiger partial charge in [0.15, 0.2) is 0 Å². The van der Waals surface area contributed by atoms with Crippen LogP contribution in [0.15, 0.2) is 24.3 Å². The maximum atomic E-state index is 12.5. The predicted molar refractivity (Wildman–Crippen MR) is 98.7 cm³/mol. The zero-order valence-electron chi connectivity index (χ0n) is 14.8. The minimum atomic E-state index is -0.0282. The second-order valence-corrected chi connectivity index (χ2v) is 7.78. The van der Waals surface area contributed by atoms with Crippen molar-refractivity contribution in [2.75, 3.05) is 0 Å². The molecule has 3 nitrogen and oxygen atoms in total. The predicted octanol–water partition coefficient (Wildman–Crippen LogP) is 4.14. The highest BCUT2D eigenvalue weighted by Crippen LogP contribution is 2.35. The zero-order valence-corrected chi connectivity index (χ0v) is 15.6. The fourth-order valence-corrected chi connectivity index (χ4v) is 3.45. The Bertz CT molecular complexity index is 524. The number of nitrogens with one attached hydrogen (secondary N) is 1. The molecule has 4 heteroatoms. The summed E-state index contributed by atoms with van der Waals surface area (Å²) in [5.74, 6) is 0.475. The first kappa shape index (κ1) is 20.0. The molecule has 1 aromatic carbocycles. The molecule has 23 heavy (non-hydrogen) atoms. The van der Waals surface area contributed by atoms with E-state index in [1.165, 1.54) is 11.1 Å². The number of nitrogens with two attached hydrogens (primary N) is 1. The van der Waals surface area contributed by atoms with Gasteiger partial charge in [-0.25, -0.2) is 0 Å². The van der Waals surface area contributed by atoms with E-state index >= 15 is 0 Å². The number of hydrogen-bond donors (Lipinski definition) is 2. The minimum absolute atomic E-state index is 0. The van der Waals surface area contributed by atoms with Gasteiger partial charge in [-0.3, -0.25) is 4.79 Å². The van der Waals surface area contributed by atoms with E-state index in [2.05, 4.69) is 45.1 Å². The maximum absolute atomic E-state index is 12.5. The quantitative estimate of drug-likeness (QED) is 0.866. The molecule has 0 radical (unpaired) electrons. The third-order valence-electron chi connectivity index (χ3n) is 4.84. The average molecular weight is 339 g/mol. The standard InChI is InChI=1S/C19H30N2O.ClH/c1-13-8-5-6-10-15(13)18(19(2,3)4)21-17(22)12-14-9-7-11-16(14)20;/h5-6,8,10,14,16,18H,7,9,11-12,20H2,1-4H3,(H,21,22);1H/t14-,16+,18?;/m0./s1. The van der Waals surface area contributed by atoms with Crippen molar-refractivity contribution in [2.45, 2.75) is 65.5 Å². The van der Waals surface area contributed by atoms with Gasteiger partial charge in [-0.2, -0.15) is 0 Å². The molecular formula is C19H31ClN2O. The van der Waals surface area contributed by atoms with Crippen LogP contribution in [-0.4, -0.2) is 11.9 Å². The molecule has 0 aromatic heterocycles. The number of carbonyl (C=O) groups is 1. The second kappa shape index (κ2) is 8.16. The van der Waals surface area contributed by atoms with E-state index < -0.39 is 0 Å². The number of benzene rings is 1. The Morgan fingerprint density at radius 2 is 1.96 bits per heavy atom. The number of halogens is 1. The van der Waals surface area contributed by atoms with Gasteiger partial charge in [0, 0.05) is 12.5 Å². The van der Waals surface area contributed by atoms with Crippen molar-refractivity contribution >= 4 is 18.3 Å². The molecular weight excluding hydrogens is 308 g/mol. The van der Waals surface area contributed by atoms with Crippen molar-refractivity contribution < 1.29 is 4.79 Å². The van der Waals surface area contributed by atoms with E-state index in [0.29, 0.717) is 12.3 Å². The summed E-state index contributed by atoms with van der Waals surface area (Å²) < 4.78 is 0. The Morgan fingerprint density at radius 3 is 2.48 bits per heavy atom. The summed E-state index contributed by atoms with van der Waals surface area (Å²) in [5, 5.41) is 3.27. The van der Waals surface area contributed by atoms with Gasteiger partial charge >= 0.3 is 0 Å². The number of hydrogen-bond acceptors (Lipinski definition) is 2. The highest BCUT2D eigenvalue weighted by molar-refractivity contribution is 5.85. The van der Waals surface area contributed by atoms with Crippen molar-refractivity contribution in [3.63, 3.8) is 0 Å². The number of aryl methyl sites for hydroxylation is 1. The highest BCUT2D eigenvalue weighted by Gasteiger charge is 2.31. The van der Waals surface area contributed by atoms with Crippen LogP contribution in [0.3, 0.4) is 0 Å². The monoisotopic (exact) mass is 338 g/mol. The van der Waals surface area contributed by atoms with Gasteiger partial charge in [0.05, 0.1) is 6.04 Å². The van der Waals surface area contributed by atoms with Crippen LogP contribution in [0.1, 0.15) is 63.6 Å². The van der Waals surface area contributed by atoms with E-state index in [9.17, 15) is 4.79 Å². The van der Waals surface area contributed by atoms with E-state index in [0.717, 1.165) is 19.3 Å². The molecule has 2 rings (SSSR count). The molecule has 0 heterocycles. The number of amides is 1. The van der Waals surface area contributed by atoms with Crippen molar-refractivity contribution in [3.8, 4) is 0 Å². The first-order chi connectivity index (χ1) is 10.3. The van der Waals surface area contributed by atoms with Gasteiger partial charge in [0.25, 0.3) is 0 Å². The normalized spacial score (nSPS) is 22.3. The molecule has 3 N–H and O–H groups in total. The van der Waals surface area contributed by atoms with Crippen LogP contribution in [0.4, 0.5) is 0 Å². The third-order valence-corrected chi connectivity index (χ3v) is 4.84. The van der Waals surface area contributed by atoms with Crippen molar-refractivity contribution in [1.82, 2.24) is 5.32 Å². The lowest BCUT2D eigenvalue weighted by molar-refractivity contribution is -0.123. The van der Waals surface area contributed by atoms with Gasteiger partial charge in [-0.05, 0) is 42.2 Å². The molecule has 0 bridgehead atoms. The molecule has 1 fully saturated rings. The molecule has 0 aliphatic heterocycles. The van der Waals surface area contributed by atoms with Gasteiger partial charge in [0.1, 0.15) is 0 Å². The Kier molecular flexibility index (Phi) is 7.09. The van der Waals surface area contributed by atoms with E-state index in [-0.39, 0.29) is 35.8 Å². The lowest BCUT2D eigenvalue weighted by Crippen LogP contribution is -2.39. The number of carbonyl (C=O) groups excluding carboxylic acids is 1. The van der Waals surface area contributed by atoms with Gasteiger partial charge < -0.3 is 11.1 Å². The minimum Gasteiger partial charge on any atom is -0.349 e. The summed E-state index contributed by atoms with van der Waals surface area (Å²) in [7, 11) is 0. The lowest BCUT2D eigenvalue weighted by Gasteiger charge is -2.33. The first-order valence-electron chi connectivity index (χ1n) is 8.39. The van der Waals surface area contributed by atoms with Gasteiger partial charge in [-0.1, -0.05) is 51.5 Å². The molecule has 0 saturated heterocycles. The van der Waals surface area contributed by atoms with Crippen LogP contribution >= 0.6 is 12.4 Å². The SMILES string of the molecule is Cc1ccccc1C(NC(=O)C[C@@H]1CCC[C@H]1N)C(C)(C)C.Cl. The third kappa shape index (κ3) is 5.22. The fourth-order valence-electron chi connectivity index (χ4n) is 3.45. The number of rotatable bonds is 4. The molecule has 1 amide bonds. The smallest absolute Gasteiger partial charge is 0.220 e. The molecule has 1 aliphatic rings. The summed E-state index contributed by atoms with van der Waals surface area (Å²) in [6.45, 7) is 8.62. The Morgan fingerprint density at radius 1 is 1.30 bits per heavy atom. The Hall–Kier alpha value is -1.06. The van der Waals surface area contributed by atoms with Crippen molar-refractivity contribution in [3.05, 3.63) is 35.4 Å². The van der Waals surface area contributed by atoms with Crippen LogP contribution in [0.2, 0.25) is 0 Å². The molecule has 130 valence electrons. The zero-order chi connectivity index (χ0) is 16.3. The molecule has 1 unspecified atom stereocenters. The largest absolute Gasteiger partial charge is 0.349 e. The summed E-state index contributed by atoms with van der Waals surface area (Å²) in [4.78, 5) is 12.5. The fraction of sp³-hybridized carbons (Fsp3) is 0.632. The van der Waals surface area contributed by atoms with E-state index in [1.807, 2.05) is 12.1 Å². The second-order valence-electron chi connectivity index (χ2n) is 7.78. The van der Waals surface area contributed by atoms with Crippen molar-refractivity contribution in [1.29, 1.82) is 0 Å². The van der Waals surface area contributed by atoms with Crippen LogP contribution in [0.25, 0.3) is 0 Å². The van der Waals surface area contributed by atoms with Crippen LogP contribution in [-0.2, 0) is 4.79 Å². The summed E-state index contributed by atoms with van der Waals surface area (Å²) >= 11 is 0. The van der Waals surface area contributed by atoms with Gasteiger partial charge in [0.2, 0.25) is 5.91 Å². The molecule has 1 aromatic rings. The molecule has 1 saturated carbocycles. The topological polar surface area (TPSA) is 55.1 Å². The summed E-state index contributed by atoms with van der Waals surface area (Å²) in [6.07, 6.45) is 3.84. The summed E-state index contributed by atoms with van der Waals surface area (Å²) in [5.41, 5.74) is 8.50. The maximum Gasteiger partial charge on any atom is 0.220 e. The van der Waals surface area contributed by atoms with E-state index in [1.54, 1.807) is 0 Å². The first-order valence-corrected chi connectivity index (χ1v) is 8.39. The Balaban J connectivity index is 0.00000264.